The maximum absolute atomic E-state index is 5.73. The van der Waals surface area contributed by atoms with Crippen molar-refractivity contribution in [3.8, 4) is 5.75 Å². The second-order valence-electron chi connectivity index (χ2n) is 2.94. The maximum atomic E-state index is 5.73. The lowest BCUT2D eigenvalue weighted by molar-refractivity contribution is -0.0684. The maximum Gasteiger partial charge on any atom is 0.191 e. The van der Waals surface area contributed by atoms with Gasteiger partial charge in [-0.3, -0.25) is 0 Å². The minimum Gasteiger partial charge on any atom is -0.488 e. The first-order valence-corrected chi connectivity index (χ1v) is 4.84. The molecule has 1 aromatic carbocycles. The van der Waals surface area contributed by atoms with Gasteiger partial charge in [0, 0.05) is 5.02 Å². The van der Waals surface area contributed by atoms with E-state index in [0.29, 0.717) is 24.8 Å². The lowest BCUT2D eigenvalue weighted by Gasteiger charge is -2.10. The quantitative estimate of drug-likeness (QED) is 0.771. The highest BCUT2D eigenvalue weighted by atomic mass is 35.5. The Morgan fingerprint density at radius 1 is 1.21 bits per heavy atom. The third-order valence-corrected chi connectivity index (χ3v) is 2.14. The average molecular weight is 215 g/mol. The molecule has 0 N–H and O–H groups in total. The molecule has 0 amide bonds. The van der Waals surface area contributed by atoms with Crippen molar-refractivity contribution in [2.75, 3.05) is 19.8 Å². The van der Waals surface area contributed by atoms with Crippen LogP contribution in [0.4, 0.5) is 0 Å². The molecule has 0 saturated carbocycles. The molecule has 1 fully saturated rings. The summed E-state index contributed by atoms with van der Waals surface area (Å²) >= 11 is 5.73. The van der Waals surface area contributed by atoms with Crippen molar-refractivity contribution in [3.05, 3.63) is 29.3 Å². The Hall–Kier alpha value is -0.770. The van der Waals surface area contributed by atoms with E-state index in [4.69, 9.17) is 25.8 Å². The molecule has 0 bridgehead atoms. The fourth-order valence-corrected chi connectivity index (χ4v) is 1.32. The van der Waals surface area contributed by atoms with Gasteiger partial charge in [0.2, 0.25) is 0 Å². The predicted octanol–water partition coefficient (Wildman–Crippen LogP) is 2.09. The Morgan fingerprint density at radius 3 is 2.50 bits per heavy atom. The van der Waals surface area contributed by atoms with Crippen LogP contribution in [0.3, 0.4) is 0 Å². The monoisotopic (exact) mass is 214 g/mol. The highest BCUT2D eigenvalue weighted by Crippen LogP contribution is 2.16. The zero-order valence-electron chi connectivity index (χ0n) is 7.61. The van der Waals surface area contributed by atoms with Gasteiger partial charge in [-0.05, 0) is 24.3 Å². The van der Waals surface area contributed by atoms with Crippen LogP contribution in [0.1, 0.15) is 0 Å². The van der Waals surface area contributed by atoms with Crippen LogP contribution in [-0.4, -0.2) is 26.1 Å². The van der Waals surface area contributed by atoms with Crippen LogP contribution in [0, 0.1) is 0 Å². The SMILES string of the molecule is Clc1ccc(OCC2OCCO2)cc1. The van der Waals surface area contributed by atoms with Gasteiger partial charge >= 0.3 is 0 Å². The molecular weight excluding hydrogens is 204 g/mol. The largest absolute Gasteiger partial charge is 0.488 e. The molecule has 3 nitrogen and oxygen atoms in total. The van der Waals surface area contributed by atoms with E-state index in [1.54, 1.807) is 12.1 Å². The van der Waals surface area contributed by atoms with Gasteiger partial charge in [-0.15, -0.1) is 0 Å². The van der Waals surface area contributed by atoms with Gasteiger partial charge in [0.05, 0.1) is 13.2 Å². The van der Waals surface area contributed by atoms with Gasteiger partial charge < -0.3 is 14.2 Å². The Balaban J connectivity index is 1.82. The minimum absolute atomic E-state index is 0.231. The molecule has 0 radical (unpaired) electrons. The highest BCUT2D eigenvalue weighted by molar-refractivity contribution is 6.30. The van der Waals surface area contributed by atoms with Crippen LogP contribution in [0.25, 0.3) is 0 Å². The summed E-state index contributed by atoms with van der Waals surface area (Å²) in [7, 11) is 0. The molecule has 1 heterocycles. The van der Waals surface area contributed by atoms with Gasteiger partial charge in [-0.2, -0.15) is 0 Å². The summed E-state index contributed by atoms with van der Waals surface area (Å²) in [6.07, 6.45) is -0.231. The van der Waals surface area contributed by atoms with Crippen molar-refractivity contribution in [2.45, 2.75) is 6.29 Å². The number of hydrogen-bond acceptors (Lipinski definition) is 3. The topological polar surface area (TPSA) is 27.7 Å². The Bertz CT molecular complexity index is 280. The van der Waals surface area contributed by atoms with Gasteiger partial charge in [0.15, 0.2) is 6.29 Å². The summed E-state index contributed by atoms with van der Waals surface area (Å²) in [4.78, 5) is 0. The fraction of sp³-hybridized carbons (Fsp3) is 0.400. The molecule has 1 saturated heterocycles. The van der Waals surface area contributed by atoms with E-state index in [9.17, 15) is 0 Å². The zero-order chi connectivity index (χ0) is 9.80. The van der Waals surface area contributed by atoms with Crippen molar-refractivity contribution in [1.82, 2.24) is 0 Å². The van der Waals surface area contributed by atoms with Crippen molar-refractivity contribution in [3.63, 3.8) is 0 Å². The molecule has 0 aliphatic carbocycles. The second kappa shape index (κ2) is 4.64. The van der Waals surface area contributed by atoms with E-state index in [1.807, 2.05) is 12.1 Å². The van der Waals surface area contributed by atoms with Gasteiger partial charge in [-0.25, -0.2) is 0 Å². The first-order chi connectivity index (χ1) is 6.84. The number of halogens is 1. The number of ether oxygens (including phenoxy) is 3. The smallest absolute Gasteiger partial charge is 0.191 e. The standard InChI is InChI=1S/C10H11ClO3/c11-8-1-3-9(4-2-8)14-7-10-12-5-6-13-10/h1-4,10H,5-7H2. The van der Waals surface area contributed by atoms with Crippen LogP contribution < -0.4 is 4.74 Å². The third-order valence-electron chi connectivity index (χ3n) is 1.89. The van der Waals surface area contributed by atoms with Gasteiger partial charge in [0.1, 0.15) is 12.4 Å². The molecule has 1 aromatic rings. The summed E-state index contributed by atoms with van der Waals surface area (Å²) in [5, 5.41) is 0.700. The van der Waals surface area contributed by atoms with Crippen molar-refractivity contribution in [1.29, 1.82) is 0 Å². The van der Waals surface area contributed by atoms with Crippen LogP contribution in [0.15, 0.2) is 24.3 Å². The van der Waals surface area contributed by atoms with E-state index < -0.39 is 0 Å². The highest BCUT2D eigenvalue weighted by Gasteiger charge is 2.16. The zero-order valence-corrected chi connectivity index (χ0v) is 8.37. The van der Waals surface area contributed by atoms with Crippen molar-refractivity contribution >= 4 is 11.6 Å². The van der Waals surface area contributed by atoms with E-state index in [-0.39, 0.29) is 6.29 Å². The minimum atomic E-state index is -0.231. The molecular formula is C10H11ClO3. The first kappa shape index (κ1) is 9.77. The van der Waals surface area contributed by atoms with Crippen LogP contribution >= 0.6 is 11.6 Å². The predicted molar refractivity (Wildman–Crippen MR) is 52.6 cm³/mol. The summed E-state index contributed by atoms with van der Waals surface area (Å²) in [5.41, 5.74) is 0. The average Bonchev–Trinajstić information content (AvgIpc) is 2.70. The lowest BCUT2D eigenvalue weighted by atomic mass is 10.3. The van der Waals surface area contributed by atoms with E-state index >= 15 is 0 Å². The first-order valence-electron chi connectivity index (χ1n) is 4.46. The molecule has 1 aliphatic rings. The molecule has 0 spiro atoms. The lowest BCUT2D eigenvalue weighted by Crippen LogP contribution is -2.18. The molecule has 76 valence electrons. The van der Waals surface area contributed by atoms with Crippen LogP contribution in [0.5, 0.6) is 5.75 Å². The van der Waals surface area contributed by atoms with Crippen LogP contribution in [-0.2, 0) is 9.47 Å². The van der Waals surface area contributed by atoms with E-state index in [0.717, 1.165) is 5.75 Å². The Labute approximate surface area is 87.5 Å². The molecule has 4 heteroatoms. The van der Waals surface area contributed by atoms with Crippen LogP contribution in [0.2, 0.25) is 5.02 Å². The summed E-state index contributed by atoms with van der Waals surface area (Å²) in [5.74, 6) is 0.772. The summed E-state index contributed by atoms with van der Waals surface area (Å²) < 4.78 is 15.9. The van der Waals surface area contributed by atoms with Crippen molar-refractivity contribution < 1.29 is 14.2 Å². The Kier molecular flexibility index (Phi) is 3.24. The normalized spacial score (nSPS) is 17.2. The molecule has 2 rings (SSSR count). The molecule has 0 atom stereocenters. The number of rotatable bonds is 3. The fourth-order valence-electron chi connectivity index (χ4n) is 1.20. The third kappa shape index (κ3) is 2.61. The Morgan fingerprint density at radius 2 is 1.86 bits per heavy atom. The van der Waals surface area contributed by atoms with Gasteiger partial charge in [0.25, 0.3) is 0 Å². The molecule has 0 unspecified atom stereocenters. The summed E-state index contributed by atoms with van der Waals surface area (Å²) in [6.45, 7) is 1.71. The molecule has 14 heavy (non-hydrogen) atoms. The summed E-state index contributed by atoms with van der Waals surface area (Å²) in [6, 6.07) is 7.20. The molecule has 1 aliphatic heterocycles. The second-order valence-corrected chi connectivity index (χ2v) is 3.37. The number of benzene rings is 1. The number of hydrogen-bond donors (Lipinski definition) is 0. The van der Waals surface area contributed by atoms with Gasteiger partial charge in [-0.1, -0.05) is 11.6 Å². The van der Waals surface area contributed by atoms with Crippen molar-refractivity contribution in [2.24, 2.45) is 0 Å². The molecule has 0 aromatic heterocycles. The van der Waals surface area contributed by atoms with E-state index in [2.05, 4.69) is 0 Å². The van der Waals surface area contributed by atoms with E-state index in [1.165, 1.54) is 0 Å².